The Morgan fingerprint density at radius 2 is 1.38 bits per heavy atom. The molecular weight excluding hydrogens is 308 g/mol. The van der Waals surface area contributed by atoms with Crippen LogP contribution in [0.5, 0.6) is 0 Å². The fourth-order valence-corrected chi connectivity index (χ4v) is 1.21. The minimum atomic E-state index is -6.41. The van der Waals surface area contributed by atoms with Crippen molar-refractivity contribution in [1.29, 1.82) is 0 Å². The molecule has 0 fully saturated rings. The van der Waals surface area contributed by atoms with Crippen LogP contribution in [0.2, 0.25) is 0 Å². The summed E-state index contributed by atoms with van der Waals surface area (Å²) in [5, 5.41) is 9.22. The van der Waals surface area contributed by atoms with E-state index in [0.717, 1.165) is 12.1 Å². The van der Waals surface area contributed by atoms with Crippen molar-refractivity contribution in [3.8, 4) is 0 Å². The lowest BCUT2D eigenvalue weighted by molar-refractivity contribution is -0.291. The predicted octanol–water partition coefficient (Wildman–Crippen LogP) is 2.62. The van der Waals surface area contributed by atoms with Gasteiger partial charge in [-0.25, -0.2) is 4.79 Å². The minimum absolute atomic E-state index is 0.350. The number of amides is 1. The van der Waals surface area contributed by atoms with Crippen LogP contribution < -0.4 is 5.32 Å². The van der Waals surface area contributed by atoms with Crippen LogP contribution in [0.15, 0.2) is 30.3 Å². The van der Waals surface area contributed by atoms with Gasteiger partial charge in [-0.2, -0.15) is 26.3 Å². The number of carbonyl (C=O) groups excluding carboxylic acids is 1. The summed E-state index contributed by atoms with van der Waals surface area (Å²) in [4.78, 5) is 21.1. The van der Waals surface area contributed by atoms with Crippen LogP contribution in [-0.2, 0) is 9.59 Å². The summed E-state index contributed by atoms with van der Waals surface area (Å²) in [6.45, 7) is 0. The Balaban J connectivity index is 3.09. The van der Waals surface area contributed by atoms with E-state index in [9.17, 15) is 35.9 Å². The first-order valence-electron chi connectivity index (χ1n) is 5.18. The molecule has 0 radical (unpaired) electrons. The van der Waals surface area contributed by atoms with Crippen molar-refractivity contribution in [2.24, 2.45) is 0 Å². The molecule has 0 aliphatic heterocycles. The van der Waals surface area contributed by atoms with E-state index in [1.165, 1.54) is 23.5 Å². The van der Waals surface area contributed by atoms with Gasteiger partial charge in [-0.1, -0.05) is 18.2 Å². The summed E-state index contributed by atoms with van der Waals surface area (Å²) < 4.78 is 78.0. The predicted molar refractivity (Wildman–Crippen MR) is 57.5 cm³/mol. The molecule has 0 aliphatic carbocycles. The Morgan fingerprint density at radius 3 is 1.81 bits per heavy atom. The summed E-state index contributed by atoms with van der Waals surface area (Å²) in [5.41, 5.74) is -0.350. The number of carboxylic acids is 1. The zero-order valence-corrected chi connectivity index (χ0v) is 9.92. The fourth-order valence-electron chi connectivity index (χ4n) is 1.21. The molecule has 4 nitrogen and oxygen atoms in total. The molecule has 1 rings (SSSR count). The van der Waals surface area contributed by atoms with E-state index in [-0.39, 0.29) is 5.69 Å². The van der Waals surface area contributed by atoms with Crippen LogP contribution in [0.3, 0.4) is 0 Å². The maximum atomic E-state index is 13.2. The molecule has 0 heterocycles. The van der Waals surface area contributed by atoms with Crippen LogP contribution in [0, 0.1) is 0 Å². The van der Waals surface area contributed by atoms with Gasteiger partial charge in [0.25, 0.3) is 0 Å². The molecule has 2 N–H and O–H groups in total. The molecule has 116 valence electrons. The SMILES string of the molecule is O=C(O)C(F)(F)C(F)(F)C(F)(F)C(=O)Nc1ccccc1. The number of hydrogen-bond acceptors (Lipinski definition) is 2. The van der Waals surface area contributed by atoms with Crippen LogP contribution in [0.1, 0.15) is 0 Å². The first-order chi connectivity index (χ1) is 9.44. The number of alkyl halides is 6. The van der Waals surface area contributed by atoms with Crippen molar-refractivity contribution in [3.63, 3.8) is 0 Å². The standard InChI is InChI=1S/C11H7F6NO3/c12-9(13,11(16,17)10(14,15)8(20)21)7(19)18-6-4-2-1-3-5-6/h1-5H,(H,18,19)(H,20,21). The van der Waals surface area contributed by atoms with Gasteiger partial charge in [0.1, 0.15) is 0 Å². The smallest absolute Gasteiger partial charge is 0.411 e. The Labute approximate surface area is 113 Å². The van der Waals surface area contributed by atoms with Crippen molar-refractivity contribution in [2.45, 2.75) is 17.8 Å². The maximum Gasteiger partial charge on any atom is 0.411 e. The summed E-state index contributed by atoms with van der Waals surface area (Å²) in [6.07, 6.45) is 0. The van der Waals surface area contributed by atoms with Crippen LogP contribution in [0.4, 0.5) is 32.0 Å². The van der Waals surface area contributed by atoms with Crippen LogP contribution in [-0.4, -0.2) is 34.8 Å². The quantitative estimate of drug-likeness (QED) is 0.821. The summed E-state index contributed by atoms with van der Waals surface area (Å²) in [7, 11) is 0. The highest BCUT2D eigenvalue weighted by Crippen LogP contribution is 2.46. The molecule has 0 aliphatic rings. The van der Waals surface area contributed by atoms with E-state index in [1.54, 1.807) is 0 Å². The maximum absolute atomic E-state index is 13.2. The highest BCUT2D eigenvalue weighted by molar-refractivity contribution is 5.97. The molecular formula is C11H7F6NO3. The van der Waals surface area contributed by atoms with Gasteiger partial charge < -0.3 is 10.4 Å². The van der Waals surface area contributed by atoms with Gasteiger partial charge in [0, 0.05) is 5.69 Å². The lowest BCUT2D eigenvalue weighted by atomic mass is 10.0. The molecule has 0 spiro atoms. The van der Waals surface area contributed by atoms with Gasteiger partial charge in [-0.3, -0.25) is 4.79 Å². The number of carboxylic acid groups (broad SMARTS) is 1. The number of halogens is 6. The minimum Gasteiger partial charge on any atom is -0.477 e. The number of carbonyl (C=O) groups is 2. The van der Waals surface area contributed by atoms with Gasteiger partial charge in [-0.15, -0.1) is 0 Å². The third-order valence-electron chi connectivity index (χ3n) is 2.37. The zero-order valence-electron chi connectivity index (χ0n) is 9.92. The number of para-hydroxylation sites is 1. The Hall–Kier alpha value is -2.26. The van der Waals surface area contributed by atoms with E-state index >= 15 is 0 Å². The number of nitrogens with one attached hydrogen (secondary N) is 1. The number of anilines is 1. The van der Waals surface area contributed by atoms with Crippen LogP contribution >= 0.6 is 0 Å². The second-order valence-electron chi connectivity index (χ2n) is 3.85. The topological polar surface area (TPSA) is 66.4 Å². The van der Waals surface area contributed by atoms with E-state index < -0.39 is 29.6 Å². The van der Waals surface area contributed by atoms with Gasteiger partial charge in [0.15, 0.2) is 0 Å². The number of hydrogen-bond donors (Lipinski definition) is 2. The molecule has 0 saturated carbocycles. The molecule has 10 heteroatoms. The monoisotopic (exact) mass is 315 g/mol. The van der Waals surface area contributed by atoms with Gasteiger partial charge >= 0.3 is 29.6 Å². The fraction of sp³-hybridized carbons (Fsp3) is 0.273. The summed E-state index contributed by atoms with van der Waals surface area (Å²) >= 11 is 0. The van der Waals surface area contributed by atoms with E-state index in [4.69, 9.17) is 5.11 Å². The van der Waals surface area contributed by atoms with Crippen LogP contribution in [0.25, 0.3) is 0 Å². The molecule has 0 saturated heterocycles. The first kappa shape index (κ1) is 16.8. The van der Waals surface area contributed by atoms with Gasteiger partial charge in [0.2, 0.25) is 0 Å². The normalized spacial score (nSPS) is 12.9. The highest BCUT2D eigenvalue weighted by atomic mass is 19.3. The first-order valence-corrected chi connectivity index (χ1v) is 5.18. The Kier molecular flexibility index (Phi) is 4.21. The second-order valence-corrected chi connectivity index (χ2v) is 3.85. The number of benzene rings is 1. The third-order valence-corrected chi connectivity index (χ3v) is 2.37. The lowest BCUT2D eigenvalue weighted by Gasteiger charge is -2.29. The Bertz CT molecular complexity index is 546. The van der Waals surface area contributed by atoms with Crippen molar-refractivity contribution in [3.05, 3.63) is 30.3 Å². The van der Waals surface area contributed by atoms with Gasteiger partial charge in [-0.05, 0) is 12.1 Å². The third kappa shape index (κ3) is 2.78. The summed E-state index contributed by atoms with van der Waals surface area (Å²) in [6, 6.07) is 6.03. The van der Waals surface area contributed by atoms with Crippen molar-refractivity contribution >= 4 is 17.6 Å². The molecule has 0 unspecified atom stereocenters. The largest absolute Gasteiger partial charge is 0.477 e. The van der Waals surface area contributed by atoms with E-state index in [2.05, 4.69) is 0 Å². The molecule has 0 aromatic heterocycles. The molecule has 0 atom stereocenters. The average molecular weight is 315 g/mol. The molecule has 1 aromatic carbocycles. The van der Waals surface area contributed by atoms with Crippen molar-refractivity contribution in [2.75, 3.05) is 5.32 Å². The molecule has 1 aromatic rings. The van der Waals surface area contributed by atoms with Crippen molar-refractivity contribution in [1.82, 2.24) is 0 Å². The molecule has 0 bridgehead atoms. The Morgan fingerprint density at radius 1 is 0.905 bits per heavy atom. The zero-order chi connectivity index (χ0) is 16.5. The average Bonchev–Trinajstić information content (AvgIpc) is 2.39. The summed E-state index contributed by atoms with van der Waals surface area (Å²) in [5.74, 6) is -24.7. The van der Waals surface area contributed by atoms with E-state index in [0.29, 0.717) is 0 Å². The van der Waals surface area contributed by atoms with Gasteiger partial charge in [0.05, 0.1) is 0 Å². The highest BCUT2D eigenvalue weighted by Gasteiger charge is 2.78. The lowest BCUT2D eigenvalue weighted by Crippen LogP contribution is -2.62. The number of aliphatic carboxylic acids is 1. The second kappa shape index (κ2) is 5.26. The van der Waals surface area contributed by atoms with Crippen molar-refractivity contribution < 1.29 is 41.0 Å². The molecule has 1 amide bonds. The van der Waals surface area contributed by atoms with E-state index in [1.807, 2.05) is 0 Å². The number of rotatable bonds is 5. The molecule has 21 heavy (non-hydrogen) atoms.